The Balaban J connectivity index is 2.39. The van der Waals surface area contributed by atoms with E-state index in [2.05, 4.69) is 10.0 Å². The van der Waals surface area contributed by atoms with Crippen molar-refractivity contribution >= 4 is 39.0 Å². The molecule has 2 rings (SSSR count). The third kappa shape index (κ3) is 4.87. The van der Waals surface area contributed by atoms with E-state index in [1.807, 2.05) is 6.92 Å². The molecule has 25 heavy (non-hydrogen) atoms. The molecule has 0 atom stereocenters. The van der Waals surface area contributed by atoms with E-state index in [1.165, 1.54) is 30.3 Å². The highest BCUT2D eigenvalue weighted by molar-refractivity contribution is 7.92. The lowest BCUT2D eigenvalue weighted by Crippen LogP contribution is -2.15. The van der Waals surface area contributed by atoms with E-state index < -0.39 is 16.0 Å². The summed E-state index contributed by atoms with van der Waals surface area (Å²) in [5.74, 6) is -0.516. The van der Waals surface area contributed by atoms with Gasteiger partial charge in [-0.25, -0.2) is 13.2 Å². The molecule has 2 aromatic carbocycles. The fourth-order valence-corrected chi connectivity index (χ4v) is 3.33. The highest BCUT2D eigenvalue weighted by atomic mass is 35.5. The van der Waals surface area contributed by atoms with E-state index in [0.717, 1.165) is 0 Å². The number of hydrogen-bond acceptors (Lipinski definition) is 5. The average molecular weight is 383 g/mol. The summed E-state index contributed by atoms with van der Waals surface area (Å²) < 4.78 is 32.6. The van der Waals surface area contributed by atoms with Crippen LogP contribution in [0, 0.1) is 0 Å². The smallest absolute Gasteiger partial charge is 0.338 e. The average Bonchev–Trinajstić information content (AvgIpc) is 2.57. The highest BCUT2D eigenvalue weighted by Gasteiger charge is 2.18. The van der Waals surface area contributed by atoms with Gasteiger partial charge in [0.15, 0.2) is 0 Å². The summed E-state index contributed by atoms with van der Waals surface area (Å²) in [6.07, 6.45) is 0. The van der Waals surface area contributed by atoms with E-state index in [4.69, 9.17) is 16.3 Å². The molecular formula is C17H19ClN2O4S. The number of esters is 1. The molecule has 0 aliphatic heterocycles. The van der Waals surface area contributed by atoms with Gasteiger partial charge in [-0.2, -0.15) is 0 Å². The molecule has 2 aromatic rings. The number of carbonyl (C=O) groups is 1. The largest absolute Gasteiger partial charge is 0.462 e. The Morgan fingerprint density at radius 3 is 2.36 bits per heavy atom. The van der Waals surface area contributed by atoms with Gasteiger partial charge in [0.05, 0.1) is 28.4 Å². The lowest BCUT2D eigenvalue weighted by molar-refractivity contribution is 0.0526. The molecule has 0 unspecified atom stereocenters. The normalized spacial score (nSPS) is 11.0. The van der Waals surface area contributed by atoms with Crippen molar-refractivity contribution in [1.82, 2.24) is 0 Å². The summed E-state index contributed by atoms with van der Waals surface area (Å²) in [5.41, 5.74) is 1.09. The van der Waals surface area contributed by atoms with Gasteiger partial charge in [0.1, 0.15) is 0 Å². The van der Waals surface area contributed by atoms with Gasteiger partial charge in [-0.15, -0.1) is 0 Å². The number of ether oxygens (including phenoxy) is 1. The minimum Gasteiger partial charge on any atom is -0.462 e. The number of carbonyl (C=O) groups excluding carboxylic acids is 1. The molecule has 0 heterocycles. The molecule has 0 aromatic heterocycles. The molecule has 6 nitrogen and oxygen atoms in total. The Hall–Kier alpha value is -2.25. The second-order valence-corrected chi connectivity index (χ2v) is 7.19. The zero-order chi connectivity index (χ0) is 18.4. The first-order valence-corrected chi connectivity index (χ1v) is 9.57. The van der Waals surface area contributed by atoms with Crippen molar-refractivity contribution in [2.75, 3.05) is 23.2 Å². The molecule has 0 bridgehead atoms. The van der Waals surface area contributed by atoms with E-state index in [1.54, 1.807) is 19.1 Å². The quantitative estimate of drug-likeness (QED) is 0.712. The third-order valence-corrected chi connectivity index (χ3v) is 4.90. The Morgan fingerprint density at radius 2 is 1.76 bits per heavy atom. The molecular weight excluding hydrogens is 364 g/mol. The van der Waals surface area contributed by atoms with Crippen molar-refractivity contribution in [2.24, 2.45) is 0 Å². The zero-order valence-electron chi connectivity index (χ0n) is 13.9. The van der Waals surface area contributed by atoms with Crippen LogP contribution in [0.5, 0.6) is 0 Å². The van der Waals surface area contributed by atoms with Gasteiger partial charge in [0.2, 0.25) is 0 Å². The van der Waals surface area contributed by atoms with Gasteiger partial charge in [-0.1, -0.05) is 11.6 Å². The molecule has 0 aliphatic rings. The molecule has 0 aliphatic carbocycles. The molecule has 134 valence electrons. The van der Waals surface area contributed by atoms with Gasteiger partial charge < -0.3 is 10.1 Å². The van der Waals surface area contributed by atoms with Crippen LogP contribution >= 0.6 is 11.6 Å². The predicted molar refractivity (Wildman–Crippen MR) is 98.8 cm³/mol. The van der Waals surface area contributed by atoms with Crippen molar-refractivity contribution in [3.8, 4) is 0 Å². The zero-order valence-corrected chi connectivity index (χ0v) is 15.4. The molecule has 0 fully saturated rings. The first-order chi connectivity index (χ1) is 11.9. The van der Waals surface area contributed by atoms with Gasteiger partial charge >= 0.3 is 5.97 Å². The monoisotopic (exact) mass is 382 g/mol. The SMILES string of the molecule is CCNc1ccc(C(=O)OCC)cc1NS(=O)(=O)c1ccc(Cl)cc1. The van der Waals surface area contributed by atoms with E-state index in [0.29, 0.717) is 17.3 Å². The Bertz CT molecular complexity index is 851. The summed E-state index contributed by atoms with van der Waals surface area (Å²) in [4.78, 5) is 12.0. The third-order valence-electron chi connectivity index (χ3n) is 3.27. The van der Waals surface area contributed by atoms with Crippen molar-refractivity contribution < 1.29 is 17.9 Å². The maximum Gasteiger partial charge on any atom is 0.338 e. The lowest BCUT2D eigenvalue weighted by atomic mass is 10.1. The van der Waals surface area contributed by atoms with Crippen LogP contribution in [-0.2, 0) is 14.8 Å². The van der Waals surface area contributed by atoms with Gasteiger partial charge in [-0.05, 0) is 56.3 Å². The molecule has 0 spiro atoms. The minimum atomic E-state index is -3.83. The van der Waals surface area contributed by atoms with Crippen LogP contribution in [0.4, 0.5) is 11.4 Å². The molecule has 0 amide bonds. The number of rotatable bonds is 7. The number of nitrogens with one attached hydrogen (secondary N) is 2. The van der Waals surface area contributed by atoms with Crippen molar-refractivity contribution in [1.29, 1.82) is 0 Å². The fraction of sp³-hybridized carbons (Fsp3) is 0.235. The summed E-state index contributed by atoms with van der Waals surface area (Å²) in [7, 11) is -3.83. The Kier molecular flexibility index (Phi) is 6.27. The summed E-state index contributed by atoms with van der Waals surface area (Å²) >= 11 is 5.80. The second kappa shape index (κ2) is 8.22. The van der Waals surface area contributed by atoms with Crippen LogP contribution in [-0.4, -0.2) is 27.5 Å². The van der Waals surface area contributed by atoms with Crippen LogP contribution in [0.3, 0.4) is 0 Å². The van der Waals surface area contributed by atoms with Crippen molar-refractivity contribution in [3.63, 3.8) is 0 Å². The van der Waals surface area contributed by atoms with Crippen molar-refractivity contribution in [2.45, 2.75) is 18.7 Å². The molecule has 2 N–H and O–H groups in total. The molecule has 0 saturated carbocycles. The topological polar surface area (TPSA) is 84.5 Å². The summed E-state index contributed by atoms with van der Waals surface area (Å²) in [6.45, 7) is 4.42. The molecule has 8 heteroatoms. The van der Waals surface area contributed by atoms with Gasteiger partial charge in [0.25, 0.3) is 10.0 Å². The van der Waals surface area contributed by atoms with Crippen LogP contribution in [0.1, 0.15) is 24.2 Å². The van der Waals surface area contributed by atoms with E-state index in [-0.39, 0.29) is 22.8 Å². The van der Waals surface area contributed by atoms with Crippen LogP contribution in [0.25, 0.3) is 0 Å². The molecule has 0 radical (unpaired) electrons. The van der Waals surface area contributed by atoms with Gasteiger partial charge in [-0.3, -0.25) is 4.72 Å². The van der Waals surface area contributed by atoms with Gasteiger partial charge in [0, 0.05) is 11.6 Å². The lowest BCUT2D eigenvalue weighted by Gasteiger charge is -2.15. The van der Waals surface area contributed by atoms with Crippen LogP contribution < -0.4 is 10.0 Å². The molecule has 0 saturated heterocycles. The summed E-state index contributed by atoms with van der Waals surface area (Å²) in [6, 6.07) is 10.5. The standard InChI is InChI=1S/C17H19ClN2O4S/c1-3-19-15-10-5-12(17(21)24-4-2)11-16(15)20-25(22,23)14-8-6-13(18)7-9-14/h5-11,19-20H,3-4H2,1-2H3. The number of sulfonamides is 1. The van der Waals surface area contributed by atoms with Crippen molar-refractivity contribution in [3.05, 3.63) is 53.1 Å². The number of hydrogen-bond donors (Lipinski definition) is 2. The predicted octanol–water partition coefficient (Wildman–Crippen LogP) is 3.75. The summed E-state index contributed by atoms with van der Waals surface area (Å²) in [5, 5.41) is 3.50. The maximum atomic E-state index is 12.6. The number of halogens is 1. The first-order valence-electron chi connectivity index (χ1n) is 7.70. The second-order valence-electron chi connectivity index (χ2n) is 5.07. The fourth-order valence-electron chi connectivity index (χ4n) is 2.13. The Labute approximate surface area is 152 Å². The number of benzene rings is 2. The van der Waals surface area contributed by atoms with Crippen LogP contribution in [0.15, 0.2) is 47.4 Å². The maximum absolute atomic E-state index is 12.6. The first kappa shape index (κ1) is 19.1. The minimum absolute atomic E-state index is 0.0703. The van der Waals surface area contributed by atoms with E-state index >= 15 is 0 Å². The number of anilines is 2. The Morgan fingerprint density at radius 1 is 1.08 bits per heavy atom. The van der Waals surface area contributed by atoms with Crippen LogP contribution in [0.2, 0.25) is 5.02 Å². The highest BCUT2D eigenvalue weighted by Crippen LogP contribution is 2.27. The van der Waals surface area contributed by atoms with E-state index in [9.17, 15) is 13.2 Å².